The molecule has 0 aliphatic rings. The molecule has 0 spiro atoms. The summed E-state index contributed by atoms with van der Waals surface area (Å²) in [4.78, 5) is 8.17. The van der Waals surface area contributed by atoms with E-state index in [1.54, 1.807) is 18.2 Å². The number of anilines is 4. The molecule has 0 aliphatic heterocycles. The molecule has 0 amide bonds. The van der Waals surface area contributed by atoms with E-state index in [1.165, 1.54) is 31.6 Å². The standard InChI is InChI=1S/C17H15F2N5O2S/c1-20-27(25,26)13-4-2-3-11(7-13)23-16-9-17(22-10-21-16)24-12-5-6-14(18)15(19)8-12/h2-10,20H,1H3,(H2,21,22,23,24). The summed E-state index contributed by atoms with van der Waals surface area (Å²) in [5, 5.41) is 5.81. The highest BCUT2D eigenvalue weighted by molar-refractivity contribution is 7.89. The number of hydrogen-bond donors (Lipinski definition) is 3. The molecule has 2 aromatic carbocycles. The number of sulfonamides is 1. The van der Waals surface area contributed by atoms with Crippen molar-refractivity contribution in [2.45, 2.75) is 4.90 Å². The number of hydrogen-bond acceptors (Lipinski definition) is 6. The van der Waals surface area contributed by atoms with Crippen molar-refractivity contribution in [3.8, 4) is 0 Å². The van der Waals surface area contributed by atoms with Crippen LogP contribution in [0.5, 0.6) is 0 Å². The van der Waals surface area contributed by atoms with Crippen molar-refractivity contribution in [1.82, 2.24) is 14.7 Å². The van der Waals surface area contributed by atoms with E-state index in [0.717, 1.165) is 12.1 Å². The zero-order chi connectivity index (χ0) is 19.4. The van der Waals surface area contributed by atoms with Crippen LogP contribution in [-0.2, 0) is 10.0 Å². The summed E-state index contributed by atoms with van der Waals surface area (Å²) in [6, 6.07) is 11.1. The van der Waals surface area contributed by atoms with Crippen molar-refractivity contribution in [3.05, 3.63) is 66.5 Å². The predicted molar refractivity (Wildman–Crippen MR) is 97.6 cm³/mol. The monoisotopic (exact) mass is 391 g/mol. The second-order valence-corrected chi connectivity index (χ2v) is 7.29. The molecule has 0 saturated carbocycles. The third-order valence-corrected chi connectivity index (χ3v) is 4.96. The lowest BCUT2D eigenvalue weighted by Gasteiger charge is -2.10. The second kappa shape index (κ2) is 7.64. The van der Waals surface area contributed by atoms with Crippen LogP contribution in [0.4, 0.5) is 31.8 Å². The Bertz CT molecular complexity index is 1080. The molecule has 10 heteroatoms. The fourth-order valence-corrected chi connectivity index (χ4v) is 3.00. The van der Waals surface area contributed by atoms with E-state index >= 15 is 0 Å². The van der Waals surface area contributed by atoms with Gasteiger partial charge in [-0.3, -0.25) is 0 Å². The van der Waals surface area contributed by atoms with Gasteiger partial charge in [0.2, 0.25) is 10.0 Å². The normalized spacial score (nSPS) is 11.2. The van der Waals surface area contributed by atoms with Crippen LogP contribution in [0, 0.1) is 11.6 Å². The zero-order valence-corrected chi connectivity index (χ0v) is 14.9. The first-order chi connectivity index (χ1) is 12.9. The van der Waals surface area contributed by atoms with Crippen LogP contribution in [-0.4, -0.2) is 25.4 Å². The lowest BCUT2D eigenvalue weighted by Crippen LogP contribution is -2.18. The average Bonchev–Trinajstić information content (AvgIpc) is 2.65. The maximum Gasteiger partial charge on any atom is 0.240 e. The topological polar surface area (TPSA) is 96.0 Å². The highest BCUT2D eigenvalue weighted by Gasteiger charge is 2.11. The van der Waals surface area contributed by atoms with Gasteiger partial charge in [0.25, 0.3) is 0 Å². The molecule has 140 valence electrons. The first-order valence-corrected chi connectivity index (χ1v) is 9.20. The maximum atomic E-state index is 13.3. The minimum absolute atomic E-state index is 0.101. The molecule has 0 atom stereocenters. The second-order valence-electron chi connectivity index (χ2n) is 5.40. The van der Waals surface area contributed by atoms with Gasteiger partial charge in [0, 0.05) is 23.5 Å². The van der Waals surface area contributed by atoms with Crippen LogP contribution in [0.15, 0.2) is 59.8 Å². The van der Waals surface area contributed by atoms with E-state index in [-0.39, 0.29) is 4.90 Å². The van der Waals surface area contributed by atoms with Crippen LogP contribution in [0.3, 0.4) is 0 Å². The molecular formula is C17H15F2N5O2S. The minimum atomic E-state index is -3.57. The van der Waals surface area contributed by atoms with E-state index in [4.69, 9.17) is 0 Å². The van der Waals surface area contributed by atoms with Crippen LogP contribution in [0.2, 0.25) is 0 Å². The van der Waals surface area contributed by atoms with Crippen LogP contribution < -0.4 is 15.4 Å². The Morgan fingerprint density at radius 2 is 1.52 bits per heavy atom. The smallest absolute Gasteiger partial charge is 0.240 e. The Balaban J connectivity index is 1.80. The number of rotatable bonds is 6. The highest BCUT2D eigenvalue weighted by atomic mass is 32.2. The summed E-state index contributed by atoms with van der Waals surface area (Å²) in [5.74, 6) is -1.19. The van der Waals surface area contributed by atoms with Gasteiger partial charge >= 0.3 is 0 Å². The number of aromatic nitrogens is 2. The van der Waals surface area contributed by atoms with Gasteiger partial charge in [-0.1, -0.05) is 6.07 Å². The Labute approximate surface area is 154 Å². The van der Waals surface area contributed by atoms with Crippen LogP contribution >= 0.6 is 0 Å². The fraction of sp³-hybridized carbons (Fsp3) is 0.0588. The Morgan fingerprint density at radius 3 is 2.15 bits per heavy atom. The molecule has 0 bridgehead atoms. The van der Waals surface area contributed by atoms with Gasteiger partial charge in [0.15, 0.2) is 11.6 Å². The molecule has 0 saturated heterocycles. The number of nitrogens with one attached hydrogen (secondary N) is 3. The van der Waals surface area contributed by atoms with Crippen LogP contribution in [0.25, 0.3) is 0 Å². The minimum Gasteiger partial charge on any atom is -0.340 e. The highest BCUT2D eigenvalue weighted by Crippen LogP contribution is 2.22. The Morgan fingerprint density at radius 1 is 0.852 bits per heavy atom. The van der Waals surface area contributed by atoms with Crippen molar-refractivity contribution in [1.29, 1.82) is 0 Å². The van der Waals surface area contributed by atoms with E-state index < -0.39 is 21.7 Å². The van der Waals surface area contributed by atoms with Gasteiger partial charge in [0.05, 0.1) is 4.90 Å². The molecule has 3 rings (SSSR count). The maximum absolute atomic E-state index is 13.3. The van der Waals surface area contributed by atoms with Crippen molar-refractivity contribution < 1.29 is 17.2 Å². The van der Waals surface area contributed by atoms with Crippen molar-refractivity contribution in [2.75, 3.05) is 17.7 Å². The first kappa shape index (κ1) is 18.7. The molecule has 0 aliphatic carbocycles. The number of halogens is 2. The molecule has 0 fully saturated rings. The Kier molecular flexibility index (Phi) is 5.28. The summed E-state index contributed by atoms with van der Waals surface area (Å²) in [7, 11) is -2.24. The van der Waals surface area contributed by atoms with Crippen molar-refractivity contribution >= 4 is 33.0 Å². The molecule has 27 heavy (non-hydrogen) atoms. The van der Waals surface area contributed by atoms with E-state index in [9.17, 15) is 17.2 Å². The molecule has 0 unspecified atom stereocenters. The number of benzene rings is 2. The molecule has 0 radical (unpaired) electrons. The lowest BCUT2D eigenvalue weighted by atomic mass is 10.3. The summed E-state index contributed by atoms with van der Waals surface area (Å²) < 4.78 is 52.3. The Hall–Kier alpha value is -3.11. The third kappa shape index (κ3) is 4.54. The fourth-order valence-electron chi connectivity index (χ4n) is 2.22. The summed E-state index contributed by atoms with van der Waals surface area (Å²) >= 11 is 0. The largest absolute Gasteiger partial charge is 0.340 e. The molecule has 7 nitrogen and oxygen atoms in total. The summed E-state index contributed by atoms with van der Waals surface area (Å²) in [6.45, 7) is 0. The van der Waals surface area contributed by atoms with Gasteiger partial charge in [-0.2, -0.15) is 0 Å². The van der Waals surface area contributed by atoms with Crippen molar-refractivity contribution in [2.24, 2.45) is 0 Å². The third-order valence-electron chi connectivity index (χ3n) is 3.54. The van der Waals surface area contributed by atoms with Gasteiger partial charge in [-0.05, 0) is 37.4 Å². The predicted octanol–water partition coefficient (Wildman–Crippen LogP) is 3.15. The quantitative estimate of drug-likeness (QED) is 0.597. The SMILES string of the molecule is CNS(=O)(=O)c1cccc(Nc2cc(Nc3ccc(F)c(F)c3)ncn2)c1. The molecular weight excluding hydrogens is 376 g/mol. The first-order valence-electron chi connectivity index (χ1n) is 7.72. The van der Waals surface area contributed by atoms with E-state index in [2.05, 4.69) is 25.3 Å². The number of nitrogens with zero attached hydrogens (tertiary/aromatic N) is 2. The summed E-state index contributed by atoms with van der Waals surface area (Å²) in [6.07, 6.45) is 1.28. The van der Waals surface area contributed by atoms with E-state index in [0.29, 0.717) is 23.0 Å². The summed E-state index contributed by atoms with van der Waals surface area (Å²) in [5.41, 5.74) is 0.824. The van der Waals surface area contributed by atoms with Gasteiger partial charge in [-0.25, -0.2) is 31.9 Å². The van der Waals surface area contributed by atoms with Crippen molar-refractivity contribution in [3.63, 3.8) is 0 Å². The average molecular weight is 391 g/mol. The van der Waals surface area contributed by atoms with E-state index in [1.807, 2.05) is 0 Å². The van der Waals surface area contributed by atoms with Gasteiger partial charge in [-0.15, -0.1) is 0 Å². The van der Waals surface area contributed by atoms with Crippen LogP contribution in [0.1, 0.15) is 0 Å². The van der Waals surface area contributed by atoms with Gasteiger partial charge < -0.3 is 10.6 Å². The molecule has 3 N–H and O–H groups in total. The lowest BCUT2D eigenvalue weighted by molar-refractivity contribution is 0.509. The zero-order valence-electron chi connectivity index (χ0n) is 14.1. The molecule has 3 aromatic rings. The molecule has 1 heterocycles. The molecule has 1 aromatic heterocycles. The van der Waals surface area contributed by atoms with Gasteiger partial charge in [0.1, 0.15) is 18.0 Å².